The van der Waals surface area contributed by atoms with Crippen molar-refractivity contribution in [2.24, 2.45) is 0 Å². The molecule has 134 valence electrons. The van der Waals surface area contributed by atoms with Gasteiger partial charge in [0, 0.05) is 44.0 Å². The Morgan fingerprint density at radius 3 is 2.25 bits per heavy atom. The van der Waals surface area contributed by atoms with Gasteiger partial charge in [0.15, 0.2) is 5.16 Å². The molecule has 5 nitrogen and oxygen atoms in total. The molecule has 1 aliphatic rings. The maximum atomic E-state index is 12.4. The standard InChI is InChI=1S/C16H24F2N4OS/c1-11-13(12(2)20-16(19-11)24-3)4-5-15(23)22-8-6-21(7-9-22)10-14(17)18/h14H,4-10H2,1-3H3. The highest BCUT2D eigenvalue weighted by molar-refractivity contribution is 7.98. The van der Waals surface area contributed by atoms with E-state index in [9.17, 15) is 13.6 Å². The lowest BCUT2D eigenvalue weighted by Gasteiger charge is -2.34. The zero-order valence-electron chi connectivity index (χ0n) is 14.4. The largest absolute Gasteiger partial charge is 0.340 e. The molecule has 0 bridgehead atoms. The van der Waals surface area contributed by atoms with Crippen LogP contribution in [0, 0.1) is 13.8 Å². The highest BCUT2D eigenvalue weighted by Crippen LogP contribution is 2.18. The van der Waals surface area contributed by atoms with Crippen molar-refractivity contribution >= 4 is 17.7 Å². The first kappa shape index (κ1) is 19.1. The third-order valence-corrected chi connectivity index (χ3v) is 4.84. The second-order valence-corrected chi connectivity index (χ2v) is 6.71. The maximum absolute atomic E-state index is 12.4. The highest BCUT2D eigenvalue weighted by atomic mass is 32.2. The van der Waals surface area contributed by atoms with Gasteiger partial charge in [-0.3, -0.25) is 9.69 Å². The number of amides is 1. The number of carbonyl (C=O) groups is 1. The van der Waals surface area contributed by atoms with Gasteiger partial charge < -0.3 is 4.90 Å². The number of nitrogens with zero attached hydrogens (tertiary/aromatic N) is 4. The van der Waals surface area contributed by atoms with Crippen molar-refractivity contribution in [3.8, 4) is 0 Å². The van der Waals surface area contributed by atoms with Crippen LogP contribution in [0.5, 0.6) is 0 Å². The molecule has 1 fully saturated rings. The van der Waals surface area contributed by atoms with Crippen LogP contribution in [0.4, 0.5) is 8.78 Å². The van der Waals surface area contributed by atoms with Crippen LogP contribution < -0.4 is 0 Å². The summed E-state index contributed by atoms with van der Waals surface area (Å²) in [5.41, 5.74) is 2.86. The van der Waals surface area contributed by atoms with Crippen molar-refractivity contribution < 1.29 is 13.6 Å². The first-order valence-electron chi connectivity index (χ1n) is 8.07. The molecule has 1 aliphatic heterocycles. The summed E-state index contributed by atoms with van der Waals surface area (Å²) >= 11 is 1.50. The van der Waals surface area contributed by atoms with Crippen molar-refractivity contribution in [1.29, 1.82) is 0 Å². The molecule has 1 saturated heterocycles. The van der Waals surface area contributed by atoms with Crippen LogP contribution in [0.3, 0.4) is 0 Å². The number of alkyl halides is 2. The first-order valence-corrected chi connectivity index (χ1v) is 9.29. The number of hydrogen-bond acceptors (Lipinski definition) is 5. The van der Waals surface area contributed by atoms with E-state index in [0.717, 1.165) is 22.1 Å². The van der Waals surface area contributed by atoms with Crippen molar-refractivity contribution in [2.75, 3.05) is 39.0 Å². The van der Waals surface area contributed by atoms with Gasteiger partial charge in [-0.2, -0.15) is 0 Å². The minimum atomic E-state index is -2.32. The summed E-state index contributed by atoms with van der Waals surface area (Å²) in [6.45, 7) is 5.74. The van der Waals surface area contributed by atoms with Gasteiger partial charge in [0.05, 0.1) is 6.54 Å². The fourth-order valence-corrected chi connectivity index (χ4v) is 3.38. The van der Waals surface area contributed by atoms with Crippen molar-refractivity contribution in [1.82, 2.24) is 19.8 Å². The molecule has 0 aromatic carbocycles. The lowest BCUT2D eigenvalue weighted by Crippen LogP contribution is -2.49. The molecule has 24 heavy (non-hydrogen) atoms. The average molecular weight is 358 g/mol. The third-order valence-electron chi connectivity index (χ3n) is 4.29. The molecule has 0 atom stereocenters. The van der Waals surface area contributed by atoms with Crippen molar-refractivity contribution in [3.05, 3.63) is 17.0 Å². The topological polar surface area (TPSA) is 49.3 Å². The molecule has 1 amide bonds. The van der Waals surface area contributed by atoms with Gasteiger partial charge in [0.25, 0.3) is 6.43 Å². The van der Waals surface area contributed by atoms with E-state index in [1.807, 2.05) is 20.1 Å². The zero-order chi connectivity index (χ0) is 17.7. The number of thioether (sulfide) groups is 1. The molecule has 2 heterocycles. The van der Waals surface area contributed by atoms with E-state index in [-0.39, 0.29) is 12.5 Å². The number of aryl methyl sites for hydroxylation is 2. The SMILES string of the molecule is CSc1nc(C)c(CCC(=O)N2CCN(CC(F)F)CC2)c(C)n1. The summed E-state index contributed by atoms with van der Waals surface area (Å²) in [5.74, 6) is 0.0689. The van der Waals surface area contributed by atoms with Crippen LogP contribution in [-0.2, 0) is 11.2 Å². The van der Waals surface area contributed by atoms with Crippen LogP contribution in [-0.4, -0.2) is 71.1 Å². The Bertz CT molecular complexity index is 554. The van der Waals surface area contributed by atoms with Crippen LogP contribution in [0.15, 0.2) is 5.16 Å². The Morgan fingerprint density at radius 2 is 1.75 bits per heavy atom. The molecule has 1 aromatic heterocycles. The highest BCUT2D eigenvalue weighted by Gasteiger charge is 2.23. The summed E-state index contributed by atoms with van der Waals surface area (Å²) in [7, 11) is 0. The van der Waals surface area contributed by atoms with Gasteiger partial charge in [0.1, 0.15) is 0 Å². The maximum Gasteiger partial charge on any atom is 0.251 e. The van der Waals surface area contributed by atoms with Crippen LogP contribution in [0.1, 0.15) is 23.4 Å². The molecular weight excluding hydrogens is 334 g/mol. The van der Waals surface area contributed by atoms with Gasteiger partial charge in [-0.15, -0.1) is 0 Å². The van der Waals surface area contributed by atoms with E-state index < -0.39 is 6.43 Å². The number of rotatable bonds is 6. The molecule has 8 heteroatoms. The van der Waals surface area contributed by atoms with E-state index in [0.29, 0.717) is 39.0 Å². The lowest BCUT2D eigenvalue weighted by atomic mass is 10.1. The third kappa shape index (κ3) is 5.11. The minimum Gasteiger partial charge on any atom is -0.340 e. The fraction of sp³-hybridized carbons (Fsp3) is 0.688. The van der Waals surface area contributed by atoms with E-state index in [2.05, 4.69) is 9.97 Å². The van der Waals surface area contributed by atoms with Gasteiger partial charge in [0.2, 0.25) is 5.91 Å². The second kappa shape index (κ2) is 8.71. The zero-order valence-corrected chi connectivity index (χ0v) is 15.2. The minimum absolute atomic E-state index is 0.0689. The molecule has 0 radical (unpaired) electrons. The molecule has 0 saturated carbocycles. The van der Waals surface area contributed by atoms with E-state index in [4.69, 9.17) is 0 Å². The first-order chi connectivity index (χ1) is 11.4. The van der Waals surface area contributed by atoms with E-state index in [1.54, 1.807) is 9.80 Å². The Morgan fingerprint density at radius 1 is 1.17 bits per heavy atom. The van der Waals surface area contributed by atoms with Gasteiger partial charge >= 0.3 is 0 Å². The van der Waals surface area contributed by atoms with Gasteiger partial charge in [-0.05, 0) is 32.1 Å². The van der Waals surface area contributed by atoms with E-state index >= 15 is 0 Å². The summed E-state index contributed by atoms with van der Waals surface area (Å²) in [6, 6.07) is 0. The lowest BCUT2D eigenvalue weighted by molar-refractivity contribution is -0.133. The normalized spacial score (nSPS) is 16.0. The summed E-state index contributed by atoms with van der Waals surface area (Å²) < 4.78 is 24.8. The number of hydrogen-bond donors (Lipinski definition) is 0. The van der Waals surface area contributed by atoms with E-state index in [1.165, 1.54) is 11.8 Å². The summed E-state index contributed by atoms with van der Waals surface area (Å²) in [6.07, 6.45) is 0.633. The Hall–Kier alpha value is -1.28. The second-order valence-electron chi connectivity index (χ2n) is 5.93. The smallest absolute Gasteiger partial charge is 0.251 e. The Balaban J connectivity index is 1.86. The quantitative estimate of drug-likeness (QED) is 0.576. The van der Waals surface area contributed by atoms with Crippen molar-refractivity contribution in [2.45, 2.75) is 38.3 Å². The van der Waals surface area contributed by atoms with Gasteiger partial charge in [-0.1, -0.05) is 11.8 Å². The Kier molecular flexibility index (Phi) is 6.91. The van der Waals surface area contributed by atoms with Crippen molar-refractivity contribution in [3.63, 3.8) is 0 Å². The fourth-order valence-electron chi connectivity index (χ4n) is 2.93. The molecule has 0 N–H and O–H groups in total. The number of carbonyl (C=O) groups excluding carboxylic acids is 1. The Labute approximate surface area is 145 Å². The molecule has 1 aromatic rings. The monoisotopic (exact) mass is 358 g/mol. The predicted octanol–water partition coefficient (Wildman–Crippen LogP) is 2.16. The van der Waals surface area contributed by atoms with Gasteiger partial charge in [-0.25, -0.2) is 18.7 Å². The number of halogens is 2. The molecule has 2 rings (SSSR count). The van der Waals surface area contributed by atoms with Crippen LogP contribution >= 0.6 is 11.8 Å². The predicted molar refractivity (Wildman–Crippen MR) is 90.6 cm³/mol. The molecule has 0 spiro atoms. The molecule has 0 unspecified atom stereocenters. The summed E-state index contributed by atoms with van der Waals surface area (Å²) in [5, 5.41) is 0.746. The molecule has 0 aliphatic carbocycles. The number of piperazine rings is 1. The summed E-state index contributed by atoms with van der Waals surface area (Å²) in [4.78, 5) is 24.7. The van der Waals surface area contributed by atoms with Crippen LogP contribution in [0.25, 0.3) is 0 Å². The average Bonchev–Trinajstić information content (AvgIpc) is 2.53. The van der Waals surface area contributed by atoms with Crippen LogP contribution in [0.2, 0.25) is 0 Å². The molecular formula is C16H24F2N4OS. The number of aromatic nitrogens is 2.